The van der Waals surface area contributed by atoms with Crippen molar-refractivity contribution in [3.8, 4) is 17.2 Å². The fourth-order valence-corrected chi connectivity index (χ4v) is 5.82. The second-order valence-corrected chi connectivity index (χ2v) is 11.2. The standard InChI is InChI=1S/C33H25Br2FN2O6/c1-2-42-29-17-21(8-13-28(29)43-18-20-6-4-3-5-7-20)19-44-30-26(34)15-22(16-27(30)35)14-25-31(39)37-33(41)38(32(25)40)24-11-9-23(36)10-12-24/h3-17H,2,18-19H2,1H3,(H,37,39,41)/b25-14+. The first-order chi connectivity index (χ1) is 21.2. The van der Waals surface area contributed by atoms with Gasteiger partial charge in [0.1, 0.15) is 30.4 Å². The zero-order valence-corrected chi connectivity index (χ0v) is 26.5. The lowest BCUT2D eigenvalue weighted by Gasteiger charge is -2.26. The van der Waals surface area contributed by atoms with E-state index in [1.807, 2.05) is 55.5 Å². The average Bonchev–Trinajstić information content (AvgIpc) is 3.00. The number of imide groups is 2. The molecule has 0 bridgehead atoms. The van der Waals surface area contributed by atoms with Crippen molar-refractivity contribution in [1.29, 1.82) is 0 Å². The molecular weight excluding hydrogens is 699 g/mol. The number of urea groups is 1. The minimum Gasteiger partial charge on any atom is -0.490 e. The summed E-state index contributed by atoms with van der Waals surface area (Å²) in [5.41, 5.74) is 2.24. The smallest absolute Gasteiger partial charge is 0.335 e. The zero-order chi connectivity index (χ0) is 31.2. The summed E-state index contributed by atoms with van der Waals surface area (Å²) in [7, 11) is 0. The number of carbonyl (C=O) groups is 3. The van der Waals surface area contributed by atoms with Gasteiger partial charge in [0.25, 0.3) is 11.8 Å². The summed E-state index contributed by atoms with van der Waals surface area (Å²) < 4.78 is 32.4. The minimum atomic E-state index is -0.918. The highest BCUT2D eigenvalue weighted by Gasteiger charge is 2.36. The second-order valence-electron chi connectivity index (χ2n) is 9.52. The molecule has 0 unspecified atom stereocenters. The summed E-state index contributed by atoms with van der Waals surface area (Å²) in [5.74, 6) is -0.473. The molecule has 4 aromatic rings. The van der Waals surface area contributed by atoms with Crippen molar-refractivity contribution >= 4 is 61.5 Å². The van der Waals surface area contributed by atoms with Crippen LogP contribution >= 0.6 is 31.9 Å². The van der Waals surface area contributed by atoms with E-state index in [0.29, 0.717) is 45.0 Å². The molecule has 1 aliphatic heterocycles. The molecule has 224 valence electrons. The number of amides is 4. The van der Waals surface area contributed by atoms with Crippen molar-refractivity contribution < 1.29 is 33.0 Å². The van der Waals surface area contributed by atoms with Crippen molar-refractivity contribution in [2.45, 2.75) is 20.1 Å². The van der Waals surface area contributed by atoms with E-state index in [-0.39, 0.29) is 17.9 Å². The van der Waals surface area contributed by atoms with E-state index in [9.17, 15) is 18.8 Å². The van der Waals surface area contributed by atoms with Gasteiger partial charge in [-0.05, 0) is 110 Å². The first-order valence-electron chi connectivity index (χ1n) is 13.4. The third kappa shape index (κ3) is 7.17. The molecular formula is C33H25Br2FN2O6. The molecule has 1 N–H and O–H groups in total. The van der Waals surface area contributed by atoms with Crippen molar-refractivity contribution in [1.82, 2.24) is 5.32 Å². The molecule has 1 heterocycles. The minimum absolute atomic E-state index is 0.127. The number of hydrogen-bond donors (Lipinski definition) is 1. The quantitative estimate of drug-likeness (QED) is 0.134. The van der Waals surface area contributed by atoms with Gasteiger partial charge in [-0.3, -0.25) is 14.9 Å². The third-order valence-electron chi connectivity index (χ3n) is 6.45. The highest BCUT2D eigenvalue weighted by atomic mass is 79.9. The Bertz CT molecular complexity index is 1720. The van der Waals surface area contributed by atoms with Crippen LogP contribution < -0.4 is 24.4 Å². The van der Waals surface area contributed by atoms with E-state index in [1.54, 1.807) is 12.1 Å². The summed E-state index contributed by atoms with van der Waals surface area (Å²) in [5, 5.41) is 2.15. The molecule has 4 aromatic carbocycles. The fraction of sp³-hybridized carbons (Fsp3) is 0.121. The van der Waals surface area contributed by atoms with Gasteiger partial charge in [0.2, 0.25) is 0 Å². The molecule has 0 saturated carbocycles. The molecule has 1 aliphatic rings. The third-order valence-corrected chi connectivity index (χ3v) is 7.62. The van der Waals surface area contributed by atoms with Gasteiger partial charge >= 0.3 is 6.03 Å². The summed E-state index contributed by atoms with van der Waals surface area (Å²) >= 11 is 7.02. The van der Waals surface area contributed by atoms with Crippen LogP contribution in [0.25, 0.3) is 6.08 Å². The Kier molecular flexibility index (Phi) is 9.76. The SMILES string of the molecule is CCOc1cc(COc2c(Br)cc(/C=C3\C(=O)NC(=O)N(c4ccc(F)cc4)C3=O)cc2Br)ccc1OCc1ccccc1. The maximum Gasteiger partial charge on any atom is 0.335 e. The van der Waals surface area contributed by atoms with Crippen LogP contribution in [0, 0.1) is 5.82 Å². The van der Waals surface area contributed by atoms with Gasteiger partial charge in [0, 0.05) is 0 Å². The van der Waals surface area contributed by atoms with Crippen molar-refractivity contribution in [3.05, 3.63) is 122 Å². The highest BCUT2D eigenvalue weighted by Crippen LogP contribution is 2.37. The lowest BCUT2D eigenvalue weighted by atomic mass is 10.1. The predicted molar refractivity (Wildman–Crippen MR) is 170 cm³/mol. The lowest BCUT2D eigenvalue weighted by Crippen LogP contribution is -2.54. The van der Waals surface area contributed by atoms with E-state index in [1.165, 1.54) is 18.2 Å². The van der Waals surface area contributed by atoms with Crippen molar-refractivity contribution in [2.75, 3.05) is 11.5 Å². The molecule has 1 fully saturated rings. The Labute approximate surface area is 269 Å². The fourth-order valence-electron chi connectivity index (χ4n) is 4.37. The van der Waals surface area contributed by atoms with Gasteiger partial charge in [0.05, 0.1) is 21.2 Å². The number of benzene rings is 4. The molecule has 4 amide bonds. The predicted octanol–water partition coefficient (Wildman–Crippen LogP) is 7.57. The van der Waals surface area contributed by atoms with E-state index >= 15 is 0 Å². The van der Waals surface area contributed by atoms with Crippen molar-refractivity contribution in [2.24, 2.45) is 0 Å². The summed E-state index contributed by atoms with van der Waals surface area (Å²) in [4.78, 5) is 38.9. The van der Waals surface area contributed by atoms with Gasteiger partial charge in [-0.1, -0.05) is 36.4 Å². The van der Waals surface area contributed by atoms with Crippen LogP contribution in [0.1, 0.15) is 23.6 Å². The summed E-state index contributed by atoms with van der Waals surface area (Å²) in [6.07, 6.45) is 1.36. The monoisotopic (exact) mass is 722 g/mol. The Morgan fingerprint density at radius 1 is 0.795 bits per heavy atom. The Morgan fingerprint density at radius 2 is 1.48 bits per heavy atom. The number of barbiturate groups is 1. The Hall–Kier alpha value is -4.48. The molecule has 8 nitrogen and oxygen atoms in total. The number of ether oxygens (including phenoxy) is 3. The van der Waals surface area contributed by atoms with Crippen LogP contribution in [-0.2, 0) is 22.8 Å². The number of halogens is 3. The molecule has 1 saturated heterocycles. The van der Waals surface area contributed by atoms with Gasteiger partial charge in [0.15, 0.2) is 11.5 Å². The highest BCUT2D eigenvalue weighted by molar-refractivity contribution is 9.11. The molecule has 0 aliphatic carbocycles. The van der Waals surface area contributed by atoms with Gasteiger partial charge in [-0.25, -0.2) is 14.1 Å². The molecule has 0 spiro atoms. The molecule has 44 heavy (non-hydrogen) atoms. The molecule has 0 radical (unpaired) electrons. The van der Waals surface area contributed by atoms with E-state index < -0.39 is 23.7 Å². The average molecular weight is 724 g/mol. The number of nitrogens with zero attached hydrogens (tertiary/aromatic N) is 1. The number of nitrogens with one attached hydrogen (secondary N) is 1. The van der Waals surface area contributed by atoms with Crippen LogP contribution in [0.4, 0.5) is 14.9 Å². The van der Waals surface area contributed by atoms with Gasteiger partial charge in [-0.2, -0.15) is 0 Å². The largest absolute Gasteiger partial charge is 0.490 e. The molecule has 11 heteroatoms. The Morgan fingerprint density at radius 3 is 2.16 bits per heavy atom. The molecule has 0 aromatic heterocycles. The number of carbonyl (C=O) groups excluding carboxylic acids is 3. The zero-order valence-electron chi connectivity index (χ0n) is 23.3. The van der Waals surface area contributed by atoms with Crippen molar-refractivity contribution in [3.63, 3.8) is 0 Å². The maximum absolute atomic E-state index is 13.4. The van der Waals surface area contributed by atoms with E-state index in [2.05, 4.69) is 37.2 Å². The Balaban J connectivity index is 1.31. The van der Waals surface area contributed by atoms with Gasteiger partial charge in [-0.15, -0.1) is 0 Å². The van der Waals surface area contributed by atoms with Crippen LogP contribution in [0.3, 0.4) is 0 Å². The van der Waals surface area contributed by atoms with E-state index in [4.69, 9.17) is 14.2 Å². The van der Waals surface area contributed by atoms with Crippen LogP contribution in [0.5, 0.6) is 17.2 Å². The maximum atomic E-state index is 13.4. The summed E-state index contributed by atoms with van der Waals surface area (Å²) in [6.45, 7) is 2.99. The lowest BCUT2D eigenvalue weighted by molar-refractivity contribution is -0.122. The molecule has 0 atom stereocenters. The first kappa shape index (κ1) is 31.0. The van der Waals surface area contributed by atoms with Crippen LogP contribution in [-0.4, -0.2) is 24.5 Å². The first-order valence-corrected chi connectivity index (χ1v) is 15.0. The topological polar surface area (TPSA) is 94.2 Å². The normalized spacial score (nSPS) is 14.0. The molecule has 5 rings (SSSR count). The van der Waals surface area contributed by atoms with Crippen LogP contribution in [0.15, 0.2) is 99.4 Å². The number of anilines is 1. The van der Waals surface area contributed by atoms with E-state index in [0.717, 1.165) is 28.2 Å². The van der Waals surface area contributed by atoms with Crippen LogP contribution in [0.2, 0.25) is 0 Å². The van der Waals surface area contributed by atoms with Gasteiger partial charge < -0.3 is 14.2 Å². The summed E-state index contributed by atoms with van der Waals surface area (Å²) in [6, 6.07) is 22.7. The number of hydrogen-bond acceptors (Lipinski definition) is 6. The second kappa shape index (κ2) is 13.9. The number of rotatable bonds is 10.